The Kier molecular flexibility index (Phi) is 6.76. The average Bonchev–Trinajstić information content (AvgIpc) is 3.44. The number of halogens is 2. The predicted molar refractivity (Wildman–Crippen MR) is 135 cm³/mol. The molecular weight excluding hydrogens is 531 g/mol. The van der Waals surface area contributed by atoms with Crippen molar-refractivity contribution in [3.05, 3.63) is 51.1 Å². The zero-order chi connectivity index (χ0) is 27.3. The third-order valence-electron chi connectivity index (χ3n) is 8.03. The van der Waals surface area contributed by atoms with Gasteiger partial charge >= 0.3 is 6.09 Å². The molecule has 2 fully saturated rings. The molecule has 2 N–H and O–H groups in total. The number of hydrogen-bond acceptors (Lipinski definition) is 7. The first kappa shape index (κ1) is 25.8. The van der Waals surface area contributed by atoms with Crippen LogP contribution in [0.5, 0.6) is 0 Å². The summed E-state index contributed by atoms with van der Waals surface area (Å²) in [6, 6.07) is 3.07. The van der Waals surface area contributed by atoms with Crippen molar-refractivity contribution in [1.82, 2.24) is 30.2 Å². The summed E-state index contributed by atoms with van der Waals surface area (Å²) in [7, 11) is 0. The lowest BCUT2D eigenvalue weighted by molar-refractivity contribution is -0.136. The molecule has 3 aliphatic heterocycles. The van der Waals surface area contributed by atoms with Crippen LogP contribution in [-0.2, 0) is 47.1 Å². The van der Waals surface area contributed by atoms with E-state index in [1.165, 1.54) is 30.2 Å². The molecule has 1 aromatic carbocycles. The Balaban J connectivity index is 1.06. The lowest BCUT2D eigenvalue weighted by Crippen LogP contribution is -2.52. The second-order valence-corrected chi connectivity index (χ2v) is 10.8. The van der Waals surface area contributed by atoms with Crippen LogP contribution in [0.25, 0.3) is 0 Å². The zero-order valence-electron chi connectivity index (χ0n) is 21.2. The molecule has 1 aliphatic carbocycles. The van der Waals surface area contributed by atoms with Gasteiger partial charge in [0.25, 0.3) is 5.91 Å². The van der Waals surface area contributed by atoms with Gasteiger partial charge in [0, 0.05) is 54.8 Å². The van der Waals surface area contributed by atoms with Crippen molar-refractivity contribution in [1.29, 1.82) is 0 Å². The van der Waals surface area contributed by atoms with Crippen LogP contribution in [0.1, 0.15) is 65.0 Å². The van der Waals surface area contributed by atoms with Gasteiger partial charge in [-0.05, 0) is 31.4 Å². The number of ether oxygens (including phenoxy) is 1. The Bertz CT molecular complexity index is 1380. The normalized spacial score (nSPS) is 21.3. The fraction of sp³-hybridized carbons (Fsp3) is 0.500. The number of carbonyl (C=O) groups is 4. The van der Waals surface area contributed by atoms with Gasteiger partial charge in [-0.1, -0.05) is 18.0 Å². The number of nitrogens with one attached hydrogen (secondary N) is 2. The van der Waals surface area contributed by atoms with Gasteiger partial charge in [0.2, 0.25) is 11.8 Å². The number of benzene rings is 1. The van der Waals surface area contributed by atoms with Crippen LogP contribution in [0.3, 0.4) is 0 Å². The molecule has 0 spiro atoms. The topological polar surface area (TPSA) is 126 Å². The molecule has 6 rings (SSSR count). The lowest BCUT2D eigenvalue weighted by atomic mass is 9.91. The summed E-state index contributed by atoms with van der Waals surface area (Å²) in [5, 5.41) is 9.39. The molecule has 2 aromatic rings. The number of carbonyl (C=O) groups excluding carboxylic acids is 4. The minimum atomic E-state index is -0.885. The number of piperidine rings is 1. The van der Waals surface area contributed by atoms with E-state index in [1.807, 2.05) is 10.7 Å². The molecule has 1 aromatic heterocycles. The van der Waals surface area contributed by atoms with E-state index in [2.05, 4.69) is 20.6 Å². The van der Waals surface area contributed by atoms with Crippen molar-refractivity contribution >= 4 is 35.4 Å². The lowest BCUT2D eigenvalue weighted by Gasteiger charge is -2.39. The molecule has 39 heavy (non-hydrogen) atoms. The van der Waals surface area contributed by atoms with Crippen LogP contribution in [0.2, 0.25) is 5.02 Å². The molecule has 1 atom stereocenters. The molecule has 4 aliphatic rings. The molecule has 4 amide bonds. The number of rotatable bonds is 6. The molecule has 1 unspecified atom stereocenters. The van der Waals surface area contributed by atoms with Gasteiger partial charge in [-0.25, -0.2) is 9.18 Å². The van der Waals surface area contributed by atoms with Crippen molar-refractivity contribution in [3.63, 3.8) is 0 Å². The van der Waals surface area contributed by atoms with Crippen molar-refractivity contribution < 1.29 is 28.3 Å². The van der Waals surface area contributed by atoms with E-state index >= 15 is 4.39 Å². The Morgan fingerprint density at radius 1 is 1.18 bits per heavy atom. The number of imide groups is 1. The van der Waals surface area contributed by atoms with Crippen LogP contribution in [-0.4, -0.2) is 62.0 Å². The Hall–Kier alpha value is -3.51. The summed E-state index contributed by atoms with van der Waals surface area (Å²) in [5.74, 6) is -2.49. The van der Waals surface area contributed by atoms with Crippen molar-refractivity contribution in [2.24, 2.45) is 0 Å². The highest BCUT2D eigenvalue weighted by Crippen LogP contribution is 2.35. The van der Waals surface area contributed by atoms with E-state index in [0.717, 1.165) is 25.3 Å². The maximum Gasteiger partial charge on any atom is 0.407 e. The van der Waals surface area contributed by atoms with Gasteiger partial charge in [0.05, 0.1) is 17.8 Å². The molecule has 1 saturated heterocycles. The Morgan fingerprint density at radius 3 is 2.74 bits per heavy atom. The molecule has 0 bridgehead atoms. The van der Waals surface area contributed by atoms with Crippen LogP contribution in [0, 0.1) is 5.82 Å². The van der Waals surface area contributed by atoms with Crippen LogP contribution in [0.15, 0.2) is 12.1 Å². The molecule has 0 radical (unpaired) electrons. The highest BCUT2D eigenvalue weighted by Gasteiger charge is 2.42. The number of aromatic nitrogens is 2. The van der Waals surface area contributed by atoms with E-state index in [4.69, 9.17) is 16.3 Å². The summed E-state index contributed by atoms with van der Waals surface area (Å²) in [5.41, 5.74) is 1.80. The molecule has 13 heteroatoms. The fourth-order valence-electron chi connectivity index (χ4n) is 5.68. The second kappa shape index (κ2) is 10.2. The largest absolute Gasteiger partial charge is 0.443 e. The quantitative estimate of drug-likeness (QED) is 0.521. The summed E-state index contributed by atoms with van der Waals surface area (Å²) in [4.78, 5) is 52.8. The third kappa shape index (κ3) is 4.87. The van der Waals surface area contributed by atoms with Gasteiger partial charge in [0.15, 0.2) is 0 Å². The van der Waals surface area contributed by atoms with E-state index in [9.17, 15) is 19.2 Å². The maximum absolute atomic E-state index is 15.4. The molecule has 4 heterocycles. The Labute approximate surface area is 228 Å². The van der Waals surface area contributed by atoms with Gasteiger partial charge in [-0.3, -0.25) is 29.3 Å². The van der Waals surface area contributed by atoms with Crippen LogP contribution in [0.4, 0.5) is 9.18 Å². The minimum absolute atomic E-state index is 0.0164. The maximum atomic E-state index is 15.4. The summed E-state index contributed by atoms with van der Waals surface area (Å²) in [6.07, 6.45) is 3.25. The summed E-state index contributed by atoms with van der Waals surface area (Å²) < 4.78 is 22.6. The van der Waals surface area contributed by atoms with E-state index < -0.39 is 35.7 Å². The second-order valence-electron chi connectivity index (χ2n) is 10.4. The van der Waals surface area contributed by atoms with Crippen molar-refractivity contribution in [2.75, 3.05) is 6.54 Å². The van der Waals surface area contributed by atoms with Gasteiger partial charge in [-0.15, -0.1) is 0 Å². The van der Waals surface area contributed by atoms with Gasteiger partial charge in [0.1, 0.15) is 24.2 Å². The van der Waals surface area contributed by atoms with Gasteiger partial charge < -0.3 is 15.0 Å². The summed E-state index contributed by atoms with van der Waals surface area (Å²) >= 11 is 6.37. The van der Waals surface area contributed by atoms with Crippen molar-refractivity contribution in [3.8, 4) is 0 Å². The van der Waals surface area contributed by atoms with E-state index in [1.54, 1.807) is 0 Å². The monoisotopic (exact) mass is 558 g/mol. The number of nitrogens with zero attached hydrogens (tertiary/aromatic N) is 4. The molecule has 11 nitrogen and oxygen atoms in total. The first-order chi connectivity index (χ1) is 18.8. The smallest absolute Gasteiger partial charge is 0.407 e. The highest BCUT2D eigenvalue weighted by atomic mass is 35.5. The summed E-state index contributed by atoms with van der Waals surface area (Å²) in [6.45, 7) is 2.28. The highest BCUT2D eigenvalue weighted by molar-refractivity contribution is 6.32. The van der Waals surface area contributed by atoms with E-state index in [0.29, 0.717) is 11.7 Å². The van der Waals surface area contributed by atoms with Gasteiger partial charge in [-0.2, -0.15) is 5.10 Å². The fourth-order valence-corrected chi connectivity index (χ4v) is 5.96. The number of fused-ring (bicyclic) bond motifs is 2. The SMILES string of the molecule is O=C1CCC(N2Cc3c(Cl)cc(CNC(=O)OCc4cc5n(n4)CCN(C4CCC4)C5)c(F)c3C2=O)C(=O)N1. The third-order valence-corrected chi connectivity index (χ3v) is 8.36. The predicted octanol–water partition coefficient (Wildman–Crippen LogP) is 2.23. The standard InChI is InChI=1S/C26H28ClFN6O5/c27-19-8-14(23(28)22-18(19)12-33(25(22)37)20-4-5-21(35)30-24(20)36)10-29-26(38)39-13-15-9-17-11-32(16-2-1-3-16)6-7-34(17)31-15/h8-9,16,20H,1-7,10-13H2,(H,29,38)(H,30,35,36). The van der Waals surface area contributed by atoms with Crippen LogP contribution < -0.4 is 10.6 Å². The van der Waals surface area contributed by atoms with Crippen molar-refractivity contribution in [2.45, 2.75) is 77.0 Å². The van der Waals surface area contributed by atoms with Crippen LogP contribution >= 0.6 is 11.6 Å². The molecular formula is C26H28ClFN6O5. The number of alkyl carbamates (subject to hydrolysis) is 1. The molecule has 1 saturated carbocycles. The van der Waals surface area contributed by atoms with E-state index in [-0.39, 0.29) is 54.3 Å². The first-order valence-corrected chi connectivity index (χ1v) is 13.5. The average molecular weight is 559 g/mol. The molecule has 206 valence electrons. The minimum Gasteiger partial charge on any atom is -0.443 e. The Morgan fingerprint density at radius 2 is 2.00 bits per heavy atom. The zero-order valence-corrected chi connectivity index (χ0v) is 21.9. The first-order valence-electron chi connectivity index (χ1n) is 13.1. The number of hydrogen-bond donors (Lipinski definition) is 2. The number of amides is 4.